The molecule has 0 atom stereocenters. The van der Waals surface area contributed by atoms with Crippen LogP contribution in [0.1, 0.15) is 5.56 Å². The maximum absolute atomic E-state index is 11.8. The van der Waals surface area contributed by atoms with Gasteiger partial charge in [-0.3, -0.25) is 0 Å². The molecule has 1 rings (SSSR count). The number of hydrogen-bond donors (Lipinski definition) is 1. The van der Waals surface area contributed by atoms with Crippen LogP contribution in [0.4, 0.5) is 18.9 Å². The van der Waals surface area contributed by atoms with Crippen LogP contribution < -0.4 is 5.73 Å². The Balaban J connectivity index is 2.41. The highest BCUT2D eigenvalue weighted by atomic mass is 32.2. The zero-order chi connectivity index (χ0) is 12.2. The van der Waals surface area contributed by atoms with Crippen molar-refractivity contribution in [3.05, 3.63) is 23.8 Å². The van der Waals surface area contributed by atoms with Gasteiger partial charge in [0.1, 0.15) is 6.61 Å². The summed E-state index contributed by atoms with van der Waals surface area (Å²) in [5.41, 5.74) is 7.15. The number of hydrogen-bond acceptors (Lipinski definition) is 3. The van der Waals surface area contributed by atoms with Gasteiger partial charge in [0.05, 0.1) is 5.94 Å². The minimum absolute atomic E-state index is 0.0379. The minimum atomic E-state index is -4.27. The van der Waals surface area contributed by atoms with Gasteiger partial charge < -0.3 is 10.5 Å². The summed E-state index contributed by atoms with van der Waals surface area (Å²) in [5.74, 6) is -0.0379. The van der Waals surface area contributed by atoms with Crippen molar-refractivity contribution in [1.29, 1.82) is 0 Å². The number of nitrogen functional groups attached to an aromatic ring is 1. The molecule has 0 fully saturated rings. The second-order valence-electron chi connectivity index (χ2n) is 3.20. The third-order valence-electron chi connectivity index (χ3n) is 1.89. The lowest BCUT2D eigenvalue weighted by Crippen LogP contribution is -2.16. The highest BCUT2D eigenvalue weighted by molar-refractivity contribution is 7.99. The Bertz CT molecular complexity index is 354. The smallest absolute Gasteiger partial charge is 0.398 e. The van der Waals surface area contributed by atoms with Gasteiger partial charge in [-0.2, -0.15) is 13.2 Å². The van der Waals surface area contributed by atoms with E-state index in [1.165, 1.54) is 11.8 Å². The number of thioether (sulfide) groups is 1. The number of alkyl halides is 3. The standard InChI is InChI=1S/C10H12F3NOS/c1-7-8(14)3-2-4-9(7)16-6-15-5-10(11,12)13/h2-4H,5-6,14H2,1H3. The van der Waals surface area contributed by atoms with Crippen molar-refractivity contribution >= 4 is 17.4 Å². The molecule has 0 amide bonds. The van der Waals surface area contributed by atoms with E-state index in [1.54, 1.807) is 18.2 Å². The van der Waals surface area contributed by atoms with Crippen molar-refractivity contribution in [3.63, 3.8) is 0 Å². The molecule has 0 aliphatic carbocycles. The van der Waals surface area contributed by atoms with Crippen LogP contribution in [0.2, 0.25) is 0 Å². The van der Waals surface area contributed by atoms with Gasteiger partial charge in [-0.05, 0) is 24.6 Å². The Morgan fingerprint density at radius 3 is 2.69 bits per heavy atom. The molecule has 1 aromatic rings. The average molecular weight is 251 g/mol. The predicted octanol–water partition coefficient (Wildman–Crippen LogP) is 3.21. The zero-order valence-electron chi connectivity index (χ0n) is 8.67. The Kier molecular flexibility index (Phi) is 4.49. The largest absolute Gasteiger partial charge is 0.411 e. The van der Waals surface area contributed by atoms with Gasteiger partial charge in [-0.1, -0.05) is 17.8 Å². The SMILES string of the molecule is Cc1c(N)cccc1SCOCC(F)(F)F. The average Bonchev–Trinajstić information content (AvgIpc) is 2.17. The number of benzene rings is 1. The van der Waals surface area contributed by atoms with Crippen LogP contribution in [0.5, 0.6) is 0 Å². The van der Waals surface area contributed by atoms with E-state index in [9.17, 15) is 13.2 Å². The molecule has 0 spiro atoms. The lowest BCUT2D eigenvalue weighted by Gasteiger charge is -2.09. The molecule has 0 bridgehead atoms. The molecule has 6 heteroatoms. The highest BCUT2D eigenvalue weighted by Gasteiger charge is 2.27. The molecular formula is C10H12F3NOS. The van der Waals surface area contributed by atoms with Crippen molar-refractivity contribution in [3.8, 4) is 0 Å². The fourth-order valence-corrected chi connectivity index (χ4v) is 1.85. The summed E-state index contributed by atoms with van der Waals surface area (Å²) in [6.07, 6.45) is -4.27. The Morgan fingerprint density at radius 2 is 2.06 bits per heavy atom. The first kappa shape index (κ1) is 13.2. The van der Waals surface area contributed by atoms with Gasteiger partial charge in [-0.25, -0.2) is 0 Å². The van der Waals surface area contributed by atoms with Crippen molar-refractivity contribution in [2.24, 2.45) is 0 Å². The summed E-state index contributed by atoms with van der Waals surface area (Å²) in [4.78, 5) is 0.835. The molecule has 0 saturated heterocycles. The second kappa shape index (κ2) is 5.45. The summed E-state index contributed by atoms with van der Waals surface area (Å²) >= 11 is 1.20. The van der Waals surface area contributed by atoms with E-state index in [4.69, 9.17) is 5.73 Å². The first-order chi connectivity index (χ1) is 7.40. The molecule has 0 saturated carbocycles. The molecule has 0 aliphatic heterocycles. The molecule has 0 aliphatic rings. The lowest BCUT2D eigenvalue weighted by molar-refractivity contribution is -0.168. The van der Waals surface area contributed by atoms with E-state index in [2.05, 4.69) is 4.74 Å². The number of halogens is 3. The predicted molar refractivity (Wildman–Crippen MR) is 58.3 cm³/mol. The maximum atomic E-state index is 11.8. The molecule has 0 aromatic heterocycles. The van der Waals surface area contributed by atoms with E-state index in [-0.39, 0.29) is 5.94 Å². The monoisotopic (exact) mass is 251 g/mol. The lowest BCUT2D eigenvalue weighted by atomic mass is 10.2. The molecule has 0 heterocycles. The van der Waals surface area contributed by atoms with Gasteiger partial charge in [0.2, 0.25) is 0 Å². The van der Waals surface area contributed by atoms with E-state index in [1.807, 2.05) is 6.92 Å². The summed E-state index contributed by atoms with van der Waals surface area (Å²) < 4.78 is 39.8. The van der Waals surface area contributed by atoms with Crippen molar-refractivity contribution in [1.82, 2.24) is 0 Å². The van der Waals surface area contributed by atoms with Crippen molar-refractivity contribution < 1.29 is 17.9 Å². The van der Waals surface area contributed by atoms with Crippen LogP contribution >= 0.6 is 11.8 Å². The van der Waals surface area contributed by atoms with Crippen LogP contribution in [0.3, 0.4) is 0 Å². The van der Waals surface area contributed by atoms with E-state index >= 15 is 0 Å². The van der Waals surface area contributed by atoms with Crippen LogP contribution in [0.25, 0.3) is 0 Å². The molecule has 0 unspecified atom stereocenters. The minimum Gasteiger partial charge on any atom is -0.398 e. The van der Waals surface area contributed by atoms with Crippen molar-refractivity contribution in [2.45, 2.75) is 18.0 Å². The van der Waals surface area contributed by atoms with Crippen LogP contribution in [0.15, 0.2) is 23.1 Å². The van der Waals surface area contributed by atoms with Gasteiger partial charge >= 0.3 is 6.18 Å². The van der Waals surface area contributed by atoms with Gasteiger partial charge in [0.25, 0.3) is 0 Å². The number of nitrogens with two attached hydrogens (primary N) is 1. The molecule has 90 valence electrons. The van der Waals surface area contributed by atoms with Crippen molar-refractivity contribution in [2.75, 3.05) is 18.3 Å². The molecule has 0 radical (unpaired) electrons. The Hall–Kier alpha value is -0.880. The van der Waals surface area contributed by atoms with Gasteiger partial charge in [0.15, 0.2) is 0 Å². The highest BCUT2D eigenvalue weighted by Crippen LogP contribution is 2.26. The molecule has 16 heavy (non-hydrogen) atoms. The first-order valence-corrected chi connectivity index (χ1v) is 5.51. The quantitative estimate of drug-likeness (QED) is 0.386. The normalized spacial score (nSPS) is 11.8. The van der Waals surface area contributed by atoms with Gasteiger partial charge in [0, 0.05) is 10.6 Å². The summed E-state index contributed by atoms with van der Waals surface area (Å²) in [7, 11) is 0. The maximum Gasteiger partial charge on any atom is 0.411 e. The second-order valence-corrected chi connectivity index (χ2v) is 4.16. The fourth-order valence-electron chi connectivity index (χ4n) is 1.05. The first-order valence-electron chi connectivity index (χ1n) is 4.52. The van der Waals surface area contributed by atoms with Crippen LogP contribution in [0, 0.1) is 6.92 Å². The van der Waals surface area contributed by atoms with Gasteiger partial charge in [-0.15, -0.1) is 0 Å². The summed E-state index contributed by atoms with van der Waals surface area (Å²) in [5, 5.41) is 0. The molecular weight excluding hydrogens is 239 g/mol. The number of rotatable bonds is 4. The summed E-state index contributed by atoms with van der Waals surface area (Å²) in [6.45, 7) is 0.600. The molecule has 1 aromatic carbocycles. The van der Waals surface area contributed by atoms with Crippen LogP contribution in [-0.2, 0) is 4.74 Å². The Morgan fingerprint density at radius 1 is 1.38 bits per heavy atom. The van der Waals surface area contributed by atoms with E-state index in [0.717, 1.165) is 10.5 Å². The fraction of sp³-hybridized carbons (Fsp3) is 0.400. The zero-order valence-corrected chi connectivity index (χ0v) is 9.49. The number of anilines is 1. The summed E-state index contributed by atoms with van der Waals surface area (Å²) in [6, 6.07) is 5.30. The molecule has 2 N–H and O–H groups in total. The van der Waals surface area contributed by atoms with E-state index < -0.39 is 12.8 Å². The van der Waals surface area contributed by atoms with E-state index in [0.29, 0.717) is 5.69 Å². The topological polar surface area (TPSA) is 35.2 Å². The Labute approximate surface area is 96.0 Å². The molecule has 2 nitrogen and oxygen atoms in total. The third-order valence-corrected chi connectivity index (χ3v) is 2.93. The third kappa shape index (κ3) is 4.32. The van der Waals surface area contributed by atoms with Crippen LogP contribution in [-0.4, -0.2) is 18.7 Å². The number of ether oxygens (including phenoxy) is 1.